The molecule has 1 aromatic rings. The zero-order valence-electron chi connectivity index (χ0n) is 8.16. The molecular formula is C11H14ClNO. The zero-order chi connectivity index (χ0) is 9.97. The fourth-order valence-electron chi connectivity index (χ4n) is 1.58. The standard InChI is InChI=1S/C11H14ClNO/c1-8-7-14-11(6-13-8)9-2-4-10(12)5-3-9/h2-5,8,11,13H,6-7H2,1H3/t8?,11-/m1/s1. The summed E-state index contributed by atoms with van der Waals surface area (Å²) in [6.07, 6.45) is 0.170. The summed E-state index contributed by atoms with van der Waals surface area (Å²) < 4.78 is 5.71. The summed E-state index contributed by atoms with van der Waals surface area (Å²) in [5, 5.41) is 4.16. The molecule has 1 aromatic carbocycles. The third kappa shape index (κ3) is 2.27. The molecule has 1 saturated heterocycles. The van der Waals surface area contributed by atoms with E-state index in [1.807, 2.05) is 24.3 Å². The second kappa shape index (κ2) is 4.30. The van der Waals surface area contributed by atoms with E-state index < -0.39 is 0 Å². The van der Waals surface area contributed by atoms with E-state index in [9.17, 15) is 0 Å². The molecule has 1 aliphatic rings. The van der Waals surface area contributed by atoms with Gasteiger partial charge in [-0.25, -0.2) is 0 Å². The number of hydrogen-bond donors (Lipinski definition) is 1. The molecule has 0 saturated carbocycles. The van der Waals surface area contributed by atoms with Crippen molar-refractivity contribution in [3.05, 3.63) is 34.9 Å². The molecule has 1 fully saturated rings. The van der Waals surface area contributed by atoms with Gasteiger partial charge in [0.15, 0.2) is 0 Å². The summed E-state index contributed by atoms with van der Waals surface area (Å²) in [6, 6.07) is 8.30. The molecule has 1 aliphatic heterocycles. The van der Waals surface area contributed by atoms with Gasteiger partial charge in [0.05, 0.1) is 12.7 Å². The maximum absolute atomic E-state index is 5.82. The summed E-state index contributed by atoms with van der Waals surface area (Å²) >= 11 is 5.82. The molecular weight excluding hydrogens is 198 g/mol. The average Bonchev–Trinajstić information content (AvgIpc) is 2.21. The molecule has 0 bridgehead atoms. The van der Waals surface area contributed by atoms with Crippen molar-refractivity contribution in [3.63, 3.8) is 0 Å². The van der Waals surface area contributed by atoms with Crippen molar-refractivity contribution >= 4 is 11.6 Å². The summed E-state index contributed by atoms with van der Waals surface area (Å²) in [6.45, 7) is 3.77. The SMILES string of the molecule is CC1CO[C@@H](c2ccc(Cl)cc2)CN1. The minimum Gasteiger partial charge on any atom is -0.371 e. The fourth-order valence-corrected chi connectivity index (χ4v) is 1.70. The van der Waals surface area contributed by atoms with E-state index in [-0.39, 0.29) is 6.10 Å². The van der Waals surface area contributed by atoms with E-state index in [0.29, 0.717) is 6.04 Å². The zero-order valence-corrected chi connectivity index (χ0v) is 8.92. The van der Waals surface area contributed by atoms with Crippen LogP contribution in [0.3, 0.4) is 0 Å². The van der Waals surface area contributed by atoms with Gasteiger partial charge >= 0.3 is 0 Å². The molecule has 2 nitrogen and oxygen atoms in total. The molecule has 0 aliphatic carbocycles. The monoisotopic (exact) mass is 211 g/mol. The molecule has 1 N–H and O–H groups in total. The number of halogens is 1. The summed E-state index contributed by atoms with van der Waals surface area (Å²) in [4.78, 5) is 0. The lowest BCUT2D eigenvalue weighted by Gasteiger charge is -2.28. The van der Waals surface area contributed by atoms with E-state index in [0.717, 1.165) is 18.2 Å². The molecule has 2 rings (SSSR count). The largest absolute Gasteiger partial charge is 0.371 e. The maximum atomic E-state index is 5.82. The third-order valence-electron chi connectivity index (χ3n) is 2.44. The smallest absolute Gasteiger partial charge is 0.0950 e. The third-order valence-corrected chi connectivity index (χ3v) is 2.69. The van der Waals surface area contributed by atoms with Crippen LogP contribution in [0.4, 0.5) is 0 Å². The normalized spacial score (nSPS) is 27.6. The number of benzene rings is 1. The molecule has 1 heterocycles. The van der Waals surface area contributed by atoms with Gasteiger partial charge in [-0.15, -0.1) is 0 Å². The van der Waals surface area contributed by atoms with Crippen molar-refractivity contribution in [3.8, 4) is 0 Å². The number of ether oxygens (including phenoxy) is 1. The topological polar surface area (TPSA) is 21.3 Å². The average molecular weight is 212 g/mol. The van der Waals surface area contributed by atoms with Crippen LogP contribution in [0.15, 0.2) is 24.3 Å². The van der Waals surface area contributed by atoms with E-state index in [1.54, 1.807) is 0 Å². The highest BCUT2D eigenvalue weighted by molar-refractivity contribution is 6.30. The number of nitrogens with one attached hydrogen (secondary N) is 1. The molecule has 0 spiro atoms. The lowest BCUT2D eigenvalue weighted by molar-refractivity contribution is 0.00695. The predicted octanol–water partition coefficient (Wildman–Crippen LogP) is 2.39. The van der Waals surface area contributed by atoms with Crippen molar-refractivity contribution < 1.29 is 4.74 Å². The van der Waals surface area contributed by atoms with E-state index in [2.05, 4.69) is 12.2 Å². The maximum Gasteiger partial charge on any atom is 0.0950 e. The quantitative estimate of drug-likeness (QED) is 0.770. The van der Waals surface area contributed by atoms with Crippen LogP contribution in [0.2, 0.25) is 5.02 Å². The lowest BCUT2D eigenvalue weighted by Crippen LogP contribution is -2.40. The van der Waals surface area contributed by atoms with Crippen LogP contribution in [0.5, 0.6) is 0 Å². The minimum atomic E-state index is 0.170. The van der Waals surface area contributed by atoms with Crippen LogP contribution in [0.1, 0.15) is 18.6 Å². The molecule has 0 radical (unpaired) electrons. The van der Waals surface area contributed by atoms with Crippen LogP contribution in [-0.4, -0.2) is 19.2 Å². The highest BCUT2D eigenvalue weighted by atomic mass is 35.5. The Morgan fingerprint density at radius 2 is 2.07 bits per heavy atom. The van der Waals surface area contributed by atoms with E-state index >= 15 is 0 Å². The van der Waals surface area contributed by atoms with Crippen LogP contribution >= 0.6 is 11.6 Å². The van der Waals surface area contributed by atoms with Gasteiger partial charge in [0, 0.05) is 17.6 Å². The van der Waals surface area contributed by atoms with Crippen molar-refractivity contribution in [1.29, 1.82) is 0 Å². The molecule has 0 amide bonds. The van der Waals surface area contributed by atoms with Gasteiger partial charge in [0.25, 0.3) is 0 Å². The number of hydrogen-bond acceptors (Lipinski definition) is 2. The van der Waals surface area contributed by atoms with Gasteiger partial charge in [-0.1, -0.05) is 23.7 Å². The first kappa shape index (κ1) is 9.97. The minimum absolute atomic E-state index is 0.170. The van der Waals surface area contributed by atoms with Gasteiger partial charge in [-0.3, -0.25) is 0 Å². The first-order valence-corrected chi connectivity index (χ1v) is 5.24. The highest BCUT2D eigenvalue weighted by Crippen LogP contribution is 2.21. The molecule has 1 unspecified atom stereocenters. The highest BCUT2D eigenvalue weighted by Gasteiger charge is 2.18. The molecule has 0 aromatic heterocycles. The van der Waals surface area contributed by atoms with Gasteiger partial charge in [0.2, 0.25) is 0 Å². The van der Waals surface area contributed by atoms with Gasteiger partial charge in [-0.05, 0) is 24.6 Å². The van der Waals surface area contributed by atoms with Crippen LogP contribution < -0.4 is 5.32 Å². The summed E-state index contributed by atoms with van der Waals surface area (Å²) in [5.41, 5.74) is 1.19. The summed E-state index contributed by atoms with van der Waals surface area (Å²) in [5.74, 6) is 0. The fraction of sp³-hybridized carbons (Fsp3) is 0.455. The van der Waals surface area contributed by atoms with Crippen molar-refractivity contribution in [2.24, 2.45) is 0 Å². The Balaban J connectivity index is 2.05. The predicted molar refractivity (Wildman–Crippen MR) is 57.6 cm³/mol. The van der Waals surface area contributed by atoms with Gasteiger partial charge in [0.1, 0.15) is 0 Å². The first-order valence-electron chi connectivity index (χ1n) is 4.86. The van der Waals surface area contributed by atoms with E-state index in [4.69, 9.17) is 16.3 Å². The Morgan fingerprint density at radius 1 is 1.36 bits per heavy atom. The van der Waals surface area contributed by atoms with E-state index in [1.165, 1.54) is 5.56 Å². The lowest BCUT2D eigenvalue weighted by atomic mass is 10.1. The molecule has 2 atom stereocenters. The molecule has 76 valence electrons. The summed E-state index contributed by atoms with van der Waals surface area (Å²) in [7, 11) is 0. The Kier molecular flexibility index (Phi) is 3.06. The van der Waals surface area contributed by atoms with Crippen LogP contribution in [0, 0.1) is 0 Å². The molecule has 3 heteroatoms. The Labute approximate surface area is 89.2 Å². The van der Waals surface area contributed by atoms with Gasteiger partial charge < -0.3 is 10.1 Å². The van der Waals surface area contributed by atoms with Crippen molar-refractivity contribution in [1.82, 2.24) is 5.32 Å². The van der Waals surface area contributed by atoms with Crippen molar-refractivity contribution in [2.75, 3.05) is 13.2 Å². The van der Waals surface area contributed by atoms with Crippen LogP contribution in [-0.2, 0) is 4.74 Å². The number of morpholine rings is 1. The van der Waals surface area contributed by atoms with Gasteiger partial charge in [-0.2, -0.15) is 0 Å². The Morgan fingerprint density at radius 3 is 2.64 bits per heavy atom. The first-order chi connectivity index (χ1) is 6.75. The van der Waals surface area contributed by atoms with Crippen LogP contribution in [0.25, 0.3) is 0 Å². The second-order valence-corrected chi connectivity index (χ2v) is 4.12. The molecule has 14 heavy (non-hydrogen) atoms. The second-order valence-electron chi connectivity index (χ2n) is 3.68. The van der Waals surface area contributed by atoms with Crippen molar-refractivity contribution in [2.45, 2.75) is 19.1 Å². The number of rotatable bonds is 1. The Bertz CT molecular complexity index is 291. The Hall–Kier alpha value is -0.570.